The van der Waals surface area contributed by atoms with E-state index in [1.807, 2.05) is 0 Å². The number of hydrogen-bond acceptors (Lipinski definition) is 2. The molecular weight excluding hydrogens is 162 g/mol. The molecule has 0 saturated heterocycles. The van der Waals surface area contributed by atoms with E-state index in [4.69, 9.17) is 5.73 Å². The van der Waals surface area contributed by atoms with Crippen molar-refractivity contribution >= 4 is 0 Å². The Labute approximate surface area is 79.5 Å². The molecule has 4 fully saturated rings. The van der Waals surface area contributed by atoms with Crippen molar-refractivity contribution in [3.8, 4) is 0 Å². The van der Waals surface area contributed by atoms with E-state index in [1.54, 1.807) is 0 Å². The molecule has 3 N–H and O–H groups in total. The molecule has 4 aliphatic carbocycles. The van der Waals surface area contributed by atoms with Crippen LogP contribution in [0.5, 0.6) is 0 Å². The highest BCUT2D eigenvalue weighted by molar-refractivity contribution is 5.06. The normalized spacial score (nSPS) is 58.6. The van der Waals surface area contributed by atoms with Crippen LogP contribution in [0.3, 0.4) is 0 Å². The molecule has 0 amide bonds. The predicted molar refractivity (Wildman–Crippen MR) is 51.0 cm³/mol. The molecule has 0 aromatic carbocycles. The summed E-state index contributed by atoms with van der Waals surface area (Å²) in [5, 5.41) is 9.48. The SMILES string of the molecule is NC1[C@H]2CC3C[C@H]1CC(CO)(C3)C2. The van der Waals surface area contributed by atoms with Gasteiger partial charge in [0.25, 0.3) is 0 Å². The van der Waals surface area contributed by atoms with E-state index >= 15 is 0 Å². The third-order valence-electron chi connectivity index (χ3n) is 4.81. The lowest BCUT2D eigenvalue weighted by molar-refractivity contribution is -0.0912. The van der Waals surface area contributed by atoms with Gasteiger partial charge in [-0.15, -0.1) is 0 Å². The second-order valence-electron chi connectivity index (χ2n) is 5.71. The summed E-state index contributed by atoms with van der Waals surface area (Å²) in [4.78, 5) is 0. The van der Waals surface area contributed by atoms with Gasteiger partial charge in [0, 0.05) is 12.6 Å². The van der Waals surface area contributed by atoms with Crippen molar-refractivity contribution in [1.82, 2.24) is 0 Å². The Bertz CT molecular complexity index is 212. The van der Waals surface area contributed by atoms with Crippen molar-refractivity contribution in [1.29, 1.82) is 0 Å². The van der Waals surface area contributed by atoms with Crippen molar-refractivity contribution < 1.29 is 5.11 Å². The molecule has 0 radical (unpaired) electrons. The van der Waals surface area contributed by atoms with Crippen molar-refractivity contribution in [3.63, 3.8) is 0 Å². The average molecular weight is 181 g/mol. The minimum atomic E-state index is 0.298. The number of aliphatic hydroxyl groups is 1. The maximum Gasteiger partial charge on any atom is 0.0487 e. The Hall–Kier alpha value is -0.0800. The van der Waals surface area contributed by atoms with Crippen LogP contribution in [0.25, 0.3) is 0 Å². The molecule has 0 unspecified atom stereocenters. The van der Waals surface area contributed by atoms with Gasteiger partial charge in [0.15, 0.2) is 0 Å². The summed E-state index contributed by atoms with van der Waals surface area (Å²) >= 11 is 0. The van der Waals surface area contributed by atoms with E-state index in [2.05, 4.69) is 0 Å². The monoisotopic (exact) mass is 181 g/mol. The Morgan fingerprint density at radius 2 is 1.77 bits per heavy atom. The molecule has 2 atom stereocenters. The van der Waals surface area contributed by atoms with E-state index in [-0.39, 0.29) is 0 Å². The topological polar surface area (TPSA) is 46.2 Å². The lowest BCUT2D eigenvalue weighted by Gasteiger charge is -2.58. The number of nitrogens with two attached hydrogens (primary N) is 1. The van der Waals surface area contributed by atoms with Gasteiger partial charge in [0.05, 0.1) is 0 Å². The van der Waals surface area contributed by atoms with Crippen LogP contribution < -0.4 is 5.73 Å². The third-order valence-corrected chi connectivity index (χ3v) is 4.81. The first kappa shape index (κ1) is 8.25. The second kappa shape index (κ2) is 2.48. The van der Waals surface area contributed by atoms with E-state index in [0.29, 0.717) is 18.1 Å². The summed E-state index contributed by atoms with van der Waals surface area (Å²) in [7, 11) is 0. The van der Waals surface area contributed by atoms with Crippen LogP contribution in [0.4, 0.5) is 0 Å². The van der Waals surface area contributed by atoms with Gasteiger partial charge in [-0.3, -0.25) is 0 Å². The maximum atomic E-state index is 9.48. The summed E-state index contributed by atoms with van der Waals surface area (Å²) in [6.45, 7) is 0.406. The molecule has 74 valence electrons. The standard InChI is InChI=1S/C11H19NO/c12-10-8-1-7-2-9(10)5-11(3-7,4-8)6-13/h7-10,13H,1-6,12H2/t7?,8-,9-,10?,11?/m0/s1. The van der Waals surface area contributed by atoms with Gasteiger partial charge in [0.2, 0.25) is 0 Å². The Kier molecular flexibility index (Phi) is 1.58. The quantitative estimate of drug-likeness (QED) is 0.637. The largest absolute Gasteiger partial charge is 0.396 e. The lowest BCUT2D eigenvalue weighted by atomic mass is 9.48. The first-order valence-electron chi connectivity index (χ1n) is 5.59. The highest BCUT2D eigenvalue weighted by Crippen LogP contribution is 2.59. The molecule has 4 aliphatic rings. The Morgan fingerprint density at radius 1 is 1.15 bits per heavy atom. The van der Waals surface area contributed by atoms with Crippen LogP contribution in [0.15, 0.2) is 0 Å². The Balaban J connectivity index is 1.92. The summed E-state index contributed by atoms with van der Waals surface area (Å²) in [5.41, 5.74) is 6.50. The molecule has 0 heterocycles. The van der Waals surface area contributed by atoms with Crippen LogP contribution in [-0.4, -0.2) is 17.8 Å². The van der Waals surface area contributed by atoms with Crippen LogP contribution in [0.2, 0.25) is 0 Å². The maximum absolute atomic E-state index is 9.48. The van der Waals surface area contributed by atoms with Crippen LogP contribution in [0.1, 0.15) is 32.1 Å². The van der Waals surface area contributed by atoms with Crippen LogP contribution in [0, 0.1) is 23.2 Å². The summed E-state index contributed by atoms with van der Waals surface area (Å²) in [6, 6.07) is 0.455. The van der Waals surface area contributed by atoms with E-state index in [0.717, 1.165) is 17.8 Å². The third kappa shape index (κ3) is 1.02. The van der Waals surface area contributed by atoms with Gasteiger partial charge in [-0.05, 0) is 55.3 Å². The Morgan fingerprint density at radius 3 is 2.31 bits per heavy atom. The second-order valence-corrected chi connectivity index (χ2v) is 5.71. The van der Waals surface area contributed by atoms with Crippen molar-refractivity contribution in [2.45, 2.75) is 38.1 Å². The highest BCUT2D eigenvalue weighted by atomic mass is 16.3. The van der Waals surface area contributed by atoms with Gasteiger partial charge in [-0.25, -0.2) is 0 Å². The molecular formula is C11H19NO. The molecule has 4 bridgehead atoms. The fraction of sp³-hybridized carbons (Fsp3) is 1.00. The zero-order chi connectivity index (χ0) is 9.05. The zero-order valence-electron chi connectivity index (χ0n) is 8.08. The fourth-order valence-corrected chi connectivity index (χ4v) is 4.43. The van der Waals surface area contributed by atoms with Crippen molar-refractivity contribution in [2.75, 3.05) is 6.61 Å². The number of aliphatic hydroxyl groups excluding tert-OH is 1. The lowest BCUT2D eigenvalue weighted by Crippen LogP contribution is -2.57. The molecule has 13 heavy (non-hydrogen) atoms. The van der Waals surface area contributed by atoms with Crippen molar-refractivity contribution in [3.05, 3.63) is 0 Å². The van der Waals surface area contributed by atoms with Gasteiger partial charge >= 0.3 is 0 Å². The molecule has 0 aromatic rings. The van der Waals surface area contributed by atoms with E-state index < -0.39 is 0 Å². The summed E-state index contributed by atoms with van der Waals surface area (Å²) in [5.74, 6) is 2.36. The average Bonchev–Trinajstić information content (AvgIpc) is 2.13. The van der Waals surface area contributed by atoms with Gasteiger partial charge in [-0.1, -0.05) is 0 Å². The predicted octanol–water partition coefficient (Wildman–Crippen LogP) is 1.13. The molecule has 2 heteroatoms. The molecule has 0 aliphatic heterocycles. The van der Waals surface area contributed by atoms with Gasteiger partial charge in [-0.2, -0.15) is 0 Å². The number of hydrogen-bond donors (Lipinski definition) is 2. The first-order chi connectivity index (χ1) is 6.22. The molecule has 4 rings (SSSR count). The first-order valence-corrected chi connectivity index (χ1v) is 5.59. The molecule has 4 saturated carbocycles. The highest BCUT2D eigenvalue weighted by Gasteiger charge is 2.53. The summed E-state index contributed by atoms with van der Waals surface area (Å²) < 4.78 is 0. The van der Waals surface area contributed by atoms with Gasteiger partial charge in [0.1, 0.15) is 0 Å². The zero-order valence-corrected chi connectivity index (χ0v) is 8.08. The smallest absolute Gasteiger partial charge is 0.0487 e. The molecule has 0 aromatic heterocycles. The molecule has 0 spiro atoms. The van der Waals surface area contributed by atoms with Crippen LogP contribution in [-0.2, 0) is 0 Å². The fourth-order valence-electron chi connectivity index (χ4n) is 4.43. The summed E-state index contributed by atoms with van der Waals surface area (Å²) in [6.07, 6.45) is 6.39. The van der Waals surface area contributed by atoms with Gasteiger partial charge < -0.3 is 10.8 Å². The van der Waals surface area contributed by atoms with Crippen molar-refractivity contribution in [2.24, 2.45) is 28.9 Å². The minimum absolute atomic E-state index is 0.298. The van der Waals surface area contributed by atoms with E-state index in [1.165, 1.54) is 32.1 Å². The van der Waals surface area contributed by atoms with Crippen LogP contribution >= 0.6 is 0 Å². The number of rotatable bonds is 1. The van der Waals surface area contributed by atoms with E-state index in [9.17, 15) is 5.11 Å². The minimum Gasteiger partial charge on any atom is -0.396 e. The molecule has 2 nitrogen and oxygen atoms in total.